The molecule has 0 radical (unpaired) electrons. The molecule has 1 rings (SSSR count). The number of oxime groups is 1. The summed E-state index contributed by atoms with van der Waals surface area (Å²) in [6.45, 7) is 0. The number of hydrogen-bond acceptors (Lipinski definition) is 4. The molecule has 21 heavy (non-hydrogen) atoms. The van der Waals surface area contributed by atoms with Crippen molar-refractivity contribution in [1.29, 1.82) is 0 Å². The van der Waals surface area contributed by atoms with Crippen LogP contribution in [-0.2, 0) is 10.0 Å². The van der Waals surface area contributed by atoms with Crippen molar-refractivity contribution in [3.05, 3.63) is 0 Å². The first kappa shape index (κ1) is 18.0. The highest BCUT2D eigenvalue weighted by molar-refractivity contribution is 7.89. The van der Waals surface area contributed by atoms with Crippen LogP contribution in [0.3, 0.4) is 0 Å². The standard InChI is InChI=1S/C11H20F3N3O3S/c12-11(13,14)7-4-8-21(19,20)17-10(9(15)16-18)5-2-1-3-6-10/h17-18H,1-8H2,(H2,15,16). The number of nitrogens with two attached hydrogens (primary N) is 1. The van der Waals surface area contributed by atoms with Crippen LogP contribution in [0.4, 0.5) is 13.2 Å². The van der Waals surface area contributed by atoms with Crippen LogP contribution in [0, 0.1) is 0 Å². The van der Waals surface area contributed by atoms with Crippen molar-refractivity contribution in [3.8, 4) is 0 Å². The molecule has 0 spiro atoms. The molecule has 1 aliphatic carbocycles. The number of rotatable bonds is 6. The van der Waals surface area contributed by atoms with Gasteiger partial charge in [-0.15, -0.1) is 0 Å². The first-order valence-corrected chi connectivity index (χ1v) is 8.32. The van der Waals surface area contributed by atoms with Gasteiger partial charge in [0.1, 0.15) is 0 Å². The van der Waals surface area contributed by atoms with Gasteiger partial charge in [0.15, 0.2) is 5.84 Å². The van der Waals surface area contributed by atoms with Gasteiger partial charge in [-0.3, -0.25) is 0 Å². The van der Waals surface area contributed by atoms with Gasteiger partial charge in [0.25, 0.3) is 0 Å². The molecule has 124 valence electrons. The van der Waals surface area contributed by atoms with E-state index in [0.29, 0.717) is 25.7 Å². The van der Waals surface area contributed by atoms with Crippen LogP contribution in [0.2, 0.25) is 0 Å². The average Bonchev–Trinajstić information content (AvgIpc) is 2.36. The summed E-state index contributed by atoms with van der Waals surface area (Å²) in [6, 6.07) is 0. The number of nitrogens with one attached hydrogen (secondary N) is 1. The molecule has 6 nitrogen and oxygen atoms in total. The Hall–Kier alpha value is -1.03. The van der Waals surface area contributed by atoms with Gasteiger partial charge in [0.2, 0.25) is 10.0 Å². The van der Waals surface area contributed by atoms with Gasteiger partial charge in [0.05, 0.1) is 11.3 Å². The van der Waals surface area contributed by atoms with E-state index in [1.54, 1.807) is 0 Å². The predicted molar refractivity (Wildman–Crippen MR) is 71.4 cm³/mol. The summed E-state index contributed by atoms with van der Waals surface area (Å²) in [5.41, 5.74) is 4.39. The second kappa shape index (κ2) is 6.82. The molecule has 0 atom stereocenters. The van der Waals surface area contributed by atoms with Gasteiger partial charge in [-0.2, -0.15) is 13.2 Å². The SMILES string of the molecule is NC(=NO)C1(NS(=O)(=O)CCCC(F)(F)F)CCCCC1. The van der Waals surface area contributed by atoms with Crippen LogP contribution in [-0.4, -0.2) is 36.9 Å². The van der Waals surface area contributed by atoms with E-state index in [0.717, 1.165) is 6.42 Å². The van der Waals surface area contributed by atoms with Crippen molar-refractivity contribution in [3.63, 3.8) is 0 Å². The lowest BCUT2D eigenvalue weighted by atomic mass is 9.82. The number of alkyl halides is 3. The minimum atomic E-state index is -4.39. The van der Waals surface area contributed by atoms with Crippen molar-refractivity contribution < 1.29 is 26.8 Å². The van der Waals surface area contributed by atoms with Gasteiger partial charge in [-0.1, -0.05) is 24.4 Å². The molecule has 0 aliphatic heterocycles. The molecule has 0 aromatic heterocycles. The maximum atomic E-state index is 12.1. The lowest BCUT2D eigenvalue weighted by molar-refractivity contribution is -0.134. The molecule has 0 saturated heterocycles. The summed E-state index contributed by atoms with van der Waals surface area (Å²) in [5.74, 6) is -0.894. The zero-order valence-corrected chi connectivity index (χ0v) is 12.3. The molecule has 0 amide bonds. The summed E-state index contributed by atoms with van der Waals surface area (Å²) in [6.07, 6.45) is -3.05. The summed E-state index contributed by atoms with van der Waals surface area (Å²) < 4.78 is 62.4. The Bertz CT molecular complexity index is 471. The first-order valence-electron chi connectivity index (χ1n) is 6.67. The maximum Gasteiger partial charge on any atom is 0.389 e. The van der Waals surface area contributed by atoms with Crippen molar-refractivity contribution in [2.45, 2.75) is 56.7 Å². The van der Waals surface area contributed by atoms with E-state index in [4.69, 9.17) is 10.9 Å². The summed E-state index contributed by atoms with van der Waals surface area (Å²) in [4.78, 5) is 0. The zero-order valence-electron chi connectivity index (χ0n) is 11.5. The number of halogens is 3. The van der Waals surface area contributed by atoms with Crippen LogP contribution < -0.4 is 10.5 Å². The Morgan fingerprint density at radius 3 is 2.33 bits per heavy atom. The molecule has 1 saturated carbocycles. The Labute approximate surface area is 121 Å². The minimum absolute atomic E-state index is 0.249. The van der Waals surface area contributed by atoms with Crippen LogP contribution in [0.25, 0.3) is 0 Å². The maximum absolute atomic E-state index is 12.1. The molecule has 4 N–H and O–H groups in total. The quantitative estimate of drug-likeness (QED) is 0.298. The number of nitrogens with zero attached hydrogens (tertiary/aromatic N) is 1. The molecule has 10 heteroatoms. The van der Waals surface area contributed by atoms with E-state index in [-0.39, 0.29) is 5.84 Å². The third kappa shape index (κ3) is 5.70. The monoisotopic (exact) mass is 331 g/mol. The normalized spacial score (nSPS) is 20.4. The Balaban J connectivity index is 2.73. The van der Waals surface area contributed by atoms with Crippen LogP contribution in [0.5, 0.6) is 0 Å². The van der Waals surface area contributed by atoms with Crippen LogP contribution in [0.15, 0.2) is 5.16 Å². The van der Waals surface area contributed by atoms with Crippen molar-refractivity contribution in [2.75, 3.05) is 5.75 Å². The first-order chi connectivity index (χ1) is 9.60. The molecular weight excluding hydrogens is 311 g/mol. The van der Waals surface area contributed by atoms with Crippen LogP contribution >= 0.6 is 0 Å². The molecule has 1 fully saturated rings. The Morgan fingerprint density at radius 2 is 1.86 bits per heavy atom. The van der Waals surface area contributed by atoms with E-state index >= 15 is 0 Å². The number of hydrogen-bond donors (Lipinski definition) is 3. The summed E-state index contributed by atoms with van der Waals surface area (Å²) >= 11 is 0. The van der Waals surface area contributed by atoms with Gasteiger partial charge >= 0.3 is 6.18 Å². The van der Waals surface area contributed by atoms with Gasteiger partial charge in [-0.05, 0) is 19.3 Å². The van der Waals surface area contributed by atoms with E-state index in [1.165, 1.54) is 0 Å². The fraction of sp³-hybridized carbons (Fsp3) is 0.909. The molecule has 0 aromatic carbocycles. The number of amidine groups is 1. The highest BCUT2D eigenvalue weighted by Gasteiger charge is 2.40. The molecule has 0 heterocycles. The Kier molecular flexibility index (Phi) is 5.85. The van der Waals surface area contributed by atoms with Crippen molar-refractivity contribution in [2.24, 2.45) is 10.9 Å². The molecule has 1 aliphatic rings. The van der Waals surface area contributed by atoms with Crippen LogP contribution in [0.1, 0.15) is 44.9 Å². The third-order valence-electron chi connectivity index (χ3n) is 3.53. The summed E-state index contributed by atoms with van der Waals surface area (Å²) in [5, 5.41) is 11.7. The molecule has 0 aromatic rings. The summed E-state index contributed by atoms with van der Waals surface area (Å²) in [7, 11) is -3.94. The average molecular weight is 331 g/mol. The molecule has 0 bridgehead atoms. The topological polar surface area (TPSA) is 105 Å². The van der Waals surface area contributed by atoms with E-state index < -0.39 is 40.3 Å². The second-order valence-corrected chi connectivity index (χ2v) is 7.11. The molecular formula is C11H20F3N3O3S. The molecule has 0 unspecified atom stereocenters. The fourth-order valence-corrected chi connectivity index (χ4v) is 4.00. The Morgan fingerprint density at radius 1 is 1.29 bits per heavy atom. The predicted octanol–water partition coefficient (Wildman–Crippen LogP) is 1.70. The smallest absolute Gasteiger partial charge is 0.389 e. The van der Waals surface area contributed by atoms with E-state index in [2.05, 4.69) is 9.88 Å². The van der Waals surface area contributed by atoms with Gasteiger partial charge in [0, 0.05) is 6.42 Å². The van der Waals surface area contributed by atoms with Crippen molar-refractivity contribution >= 4 is 15.9 Å². The largest absolute Gasteiger partial charge is 0.409 e. The highest BCUT2D eigenvalue weighted by atomic mass is 32.2. The minimum Gasteiger partial charge on any atom is -0.409 e. The number of sulfonamides is 1. The second-order valence-electron chi connectivity index (χ2n) is 5.27. The third-order valence-corrected chi connectivity index (χ3v) is 5.06. The van der Waals surface area contributed by atoms with Gasteiger partial charge < -0.3 is 10.9 Å². The lowest BCUT2D eigenvalue weighted by Gasteiger charge is -2.36. The van der Waals surface area contributed by atoms with E-state index in [9.17, 15) is 21.6 Å². The van der Waals surface area contributed by atoms with E-state index in [1.807, 2.05) is 0 Å². The zero-order chi connectivity index (χ0) is 16.1. The lowest BCUT2D eigenvalue weighted by Crippen LogP contribution is -2.58. The van der Waals surface area contributed by atoms with Crippen molar-refractivity contribution in [1.82, 2.24) is 4.72 Å². The van der Waals surface area contributed by atoms with Gasteiger partial charge in [-0.25, -0.2) is 13.1 Å². The highest BCUT2D eigenvalue weighted by Crippen LogP contribution is 2.29. The fourth-order valence-electron chi connectivity index (χ4n) is 2.47.